The van der Waals surface area contributed by atoms with Crippen LogP contribution in [-0.4, -0.2) is 9.55 Å². The minimum atomic E-state index is 0.670. The standard InChI is InChI=1S/C15H19N3/c1-4-6-7-10-18-14-9-8-12(16-3)11-13(14)17-15(18)5-2/h8-9,11H,4-7,10H2,1-2H3. The highest BCUT2D eigenvalue weighted by Gasteiger charge is 2.09. The zero-order chi connectivity index (χ0) is 13.0. The molecule has 3 nitrogen and oxygen atoms in total. The summed E-state index contributed by atoms with van der Waals surface area (Å²) in [7, 11) is 0. The maximum Gasteiger partial charge on any atom is 0.189 e. The second-order valence-corrected chi connectivity index (χ2v) is 4.53. The van der Waals surface area contributed by atoms with Gasteiger partial charge in [0.05, 0.1) is 17.6 Å². The maximum atomic E-state index is 7.05. The Bertz CT molecular complexity index is 575. The van der Waals surface area contributed by atoms with Crippen molar-refractivity contribution in [3.63, 3.8) is 0 Å². The highest BCUT2D eigenvalue weighted by Crippen LogP contribution is 2.23. The van der Waals surface area contributed by atoms with E-state index in [1.807, 2.05) is 18.2 Å². The summed E-state index contributed by atoms with van der Waals surface area (Å²) >= 11 is 0. The quantitative estimate of drug-likeness (QED) is 0.564. The second-order valence-electron chi connectivity index (χ2n) is 4.53. The molecule has 0 aliphatic rings. The van der Waals surface area contributed by atoms with Gasteiger partial charge in [0.1, 0.15) is 5.82 Å². The van der Waals surface area contributed by atoms with Gasteiger partial charge in [-0.05, 0) is 18.6 Å². The number of nitrogens with zero attached hydrogens (tertiary/aromatic N) is 3. The van der Waals surface area contributed by atoms with Crippen LogP contribution < -0.4 is 0 Å². The second kappa shape index (κ2) is 5.68. The number of imidazole rings is 1. The molecule has 0 atom stereocenters. The van der Waals surface area contributed by atoms with Gasteiger partial charge in [0.15, 0.2) is 5.69 Å². The summed E-state index contributed by atoms with van der Waals surface area (Å²) < 4.78 is 2.30. The topological polar surface area (TPSA) is 22.2 Å². The maximum absolute atomic E-state index is 7.05. The molecule has 0 spiro atoms. The first kappa shape index (κ1) is 12.6. The molecule has 1 heterocycles. The molecule has 0 saturated carbocycles. The summed E-state index contributed by atoms with van der Waals surface area (Å²) in [5, 5.41) is 0. The molecule has 94 valence electrons. The zero-order valence-corrected chi connectivity index (χ0v) is 11.1. The van der Waals surface area contributed by atoms with Crippen molar-refractivity contribution in [2.75, 3.05) is 0 Å². The summed E-state index contributed by atoms with van der Waals surface area (Å²) in [4.78, 5) is 8.10. The molecule has 0 N–H and O–H groups in total. The van der Waals surface area contributed by atoms with E-state index in [-0.39, 0.29) is 0 Å². The zero-order valence-electron chi connectivity index (χ0n) is 11.1. The molecule has 0 fully saturated rings. The van der Waals surface area contributed by atoms with Crippen LogP contribution in [0.25, 0.3) is 15.9 Å². The lowest BCUT2D eigenvalue weighted by Crippen LogP contribution is -2.02. The van der Waals surface area contributed by atoms with Crippen LogP contribution in [0.2, 0.25) is 0 Å². The van der Waals surface area contributed by atoms with E-state index in [2.05, 4.69) is 28.2 Å². The SMILES string of the molecule is [C-]#[N+]c1ccc2c(c1)nc(CC)n2CCCCC. The van der Waals surface area contributed by atoms with Gasteiger partial charge in [0.25, 0.3) is 0 Å². The third-order valence-corrected chi connectivity index (χ3v) is 3.24. The molecule has 18 heavy (non-hydrogen) atoms. The number of unbranched alkanes of at least 4 members (excludes halogenated alkanes) is 2. The van der Waals surface area contributed by atoms with Crippen LogP contribution in [0.1, 0.15) is 38.9 Å². The molecule has 0 bridgehead atoms. The first-order chi connectivity index (χ1) is 8.80. The fourth-order valence-corrected chi connectivity index (χ4v) is 2.28. The largest absolute Gasteiger partial charge is 0.328 e. The van der Waals surface area contributed by atoms with Crippen LogP contribution in [0.4, 0.5) is 5.69 Å². The lowest BCUT2D eigenvalue weighted by Gasteiger charge is -2.07. The Morgan fingerprint density at radius 2 is 2.11 bits per heavy atom. The van der Waals surface area contributed by atoms with Crippen molar-refractivity contribution in [1.82, 2.24) is 9.55 Å². The number of aromatic nitrogens is 2. The predicted octanol–water partition coefficient (Wildman–Crippen LogP) is 4.34. The average Bonchev–Trinajstić information content (AvgIpc) is 2.76. The van der Waals surface area contributed by atoms with E-state index in [1.165, 1.54) is 19.3 Å². The normalized spacial score (nSPS) is 10.7. The molecule has 0 unspecified atom stereocenters. The Kier molecular flexibility index (Phi) is 3.99. The number of hydrogen-bond donors (Lipinski definition) is 0. The number of benzene rings is 1. The fraction of sp³-hybridized carbons (Fsp3) is 0.467. The van der Waals surface area contributed by atoms with Crippen LogP contribution in [0.5, 0.6) is 0 Å². The van der Waals surface area contributed by atoms with Crippen molar-refractivity contribution in [3.8, 4) is 0 Å². The Morgan fingerprint density at radius 3 is 2.78 bits per heavy atom. The van der Waals surface area contributed by atoms with Crippen molar-refractivity contribution in [2.45, 2.75) is 46.1 Å². The van der Waals surface area contributed by atoms with Crippen LogP contribution in [0, 0.1) is 6.57 Å². The van der Waals surface area contributed by atoms with Gasteiger partial charge in [-0.25, -0.2) is 9.83 Å². The average molecular weight is 241 g/mol. The molecule has 0 aliphatic heterocycles. The Hall–Kier alpha value is -1.82. The molecule has 0 amide bonds. The number of hydrogen-bond acceptors (Lipinski definition) is 1. The monoisotopic (exact) mass is 241 g/mol. The van der Waals surface area contributed by atoms with Crippen LogP contribution in [-0.2, 0) is 13.0 Å². The predicted molar refractivity (Wildman–Crippen MR) is 74.9 cm³/mol. The summed E-state index contributed by atoms with van der Waals surface area (Å²) in [6.07, 6.45) is 4.62. The van der Waals surface area contributed by atoms with Gasteiger partial charge in [-0.3, -0.25) is 0 Å². The molecule has 0 radical (unpaired) electrons. The van der Waals surface area contributed by atoms with Gasteiger partial charge in [-0.1, -0.05) is 32.8 Å². The third-order valence-electron chi connectivity index (χ3n) is 3.24. The lowest BCUT2D eigenvalue weighted by molar-refractivity contribution is 0.594. The Morgan fingerprint density at radius 1 is 1.28 bits per heavy atom. The molecular weight excluding hydrogens is 222 g/mol. The lowest BCUT2D eigenvalue weighted by atomic mass is 10.2. The highest BCUT2D eigenvalue weighted by atomic mass is 15.1. The minimum absolute atomic E-state index is 0.670. The van der Waals surface area contributed by atoms with Gasteiger partial charge >= 0.3 is 0 Å². The van der Waals surface area contributed by atoms with E-state index in [0.29, 0.717) is 5.69 Å². The number of aryl methyl sites for hydroxylation is 2. The molecular formula is C15H19N3. The molecule has 2 aromatic rings. The Balaban J connectivity index is 2.40. The smallest absolute Gasteiger partial charge is 0.189 e. The van der Waals surface area contributed by atoms with E-state index >= 15 is 0 Å². The molecule has 2 rings (SSSR count). The molecule has 0 saturated heterocycles. The van der Waals surface area contributed by atoms with Crippen LogP contribution >= 0.6 is 0 Å². The highest BCUT2D eigenvalue weighted by molar-refractivity contribution is 5.80. The summed E-state index contributed by atoms with van der Waals surface area (Å²) in [5.41, 5.74) is 2.79. The van der Waals surface area contributed by atoms with E-state index in [4.69, 9.17) is 6.57 Å². The van der Waals surface area contributed by atoms with Crippen molar-refractivity contribution in [2.24, 2.45) is 0 Å². The molecule has 1 aromatic heterocycles. The number of fused-ring (bicyclic) bond motifs is 1. The minimum Gasteiger partial charge on any atom is -0.328 e. The van der Waals surface area contributed by atoms with Crippen molar-refractivity contribution >= 4 is 16.7 Å². The third kappa shape index (κ3) is 2.38. The van der Waals surface area contributed by atoms with Gasteiger partial charge in [0, 0.05) is 13.0 Å². The Labute approximate surface area is 108 Å². The summed E-state index contributed by atoms with van der Waals surface area (Å²) in [6.45, 7) is 12.4. The van der Waals surface area contributed by atoms with Gasteiger partial charge < -0.3 is 4.57 Å². The summed E-state index contributed by atoms with van der Waals surface area (Å²) in [6, 6.07) is 5.80. The van der Waals surface area contributed by atoms with E-state index in [1.54, 1.807) is 0 Å². The number of rotatable bonds is 5. The van der Waals surface area contributed by atoms with Crippen LogP contribution in [0.3, 0.4) is 0 Å². The first-order valence-corrected chi connectivity index (χ1v) is 6.66. The molecule has 3 heteroatoms. The fourth-order valence-electron chi connectivity index (χ4n) is 2.28. The van der Waals surface area contributed by atoms with Crippen molar-refractivity contribution < 1.29 is 0 Å². The van der Waals surface area contributed by atoms with Gasteiger partial charge in [-0.2, -0.15) is 0 Å². The van der Waals surface area contributed by atoms with Crippen LogP contribution in [0.15, 0.2) is 18.2 Å². The summed E-state index contributed by atoms with van der Waals surface area (Å²) in [5.74, 6) is 1.13. The van der Waals surface area contributed by atoms with Gasteiger partial charge in [-0.15, -0.1) is 0 Å². The van der Waals surface area contributed by atoms with E-state index in [9.17, 15) is 0 Å². The van der Waals surface area contributed by atoms with Crippen molar-refractivity contribution in [3.05, 3.63) is 35.4 Å². The molecule has 1 aromatic carbocycles. The van der Waals surface area contributed by atoms with E-state index < -0.39 is 0 Å². The van der Waals surface area contributed by atoms with E-state index in [0.717, 1.165) is 29.8 Å². The van der Waals surface area contributed by atoms with Gasteiger partial charge in [0.2, 0.25) is 0 Å². The van der Waals surface area contributed by atoms with Crippen molar-refractivity contribution in [1.29, 1.82) is 0 Å². The molecule has 0 aliphatic carbocycles. The first-order valence-electron chi connectivity index (χ1n) is 6.66.